The molecule has 2 aliphatic heterocycles. The fourth-order valence-electron chi connectivity index (χ4n) is 5.34. The number of hydrogen-bond acceptors (Lipinski definition) is 3. The highest BCUT2D eigenvalue weighted by Gasteiger charge is 2.33. The minimum atomic E-state index is 0.248. The molecule has 1 N–H and O–H groups in total. The van der Waals surface area contributed by atoms with Gasteiger partial charge in [0.05, 0.1) is 5.56 Å². The van der Waals surface area contributed by atoms with Crippen LogP contribution in [-0.4, -0.2) is 65.6 Å². The molecule has 1 aromatic rings. The summed E-state index contributed by atoms with van der Waals surface area (Å²) >= 11 is 0. The molecule has 144 valence electrons. The van der Waals surface area contributed by atoms with Crippen LogP contribution in [0.5, 0.6) is 0 Å². The summed E-state index contributed by atoms with van der Waals surface area (Å²) in [6, 6.07) is 3.28. The Morgan fingerprint density at radius 2 is 1.73 bits per heavy atom. The molecule has 0 spiro atoms. The van der Waals surface area contributed by atoms with Crippen LogP contribution in [0.3, 0.4) is 0 Å². The van der Waals surface area contributed by atoms with Crippen molar-refractivity contribution in [3.8, 4) is 0 Å². The Hall–Kier alpha value is -1.33. The van der Waals surface area contributed by atoms with E-state index < -0.39 is 0 Å². The van der Waals surface area contributed by atoms with Crippen LogP contribution in [0.15, 0.2) is 6.07 Å². The Morgan fingerprint density at radius 3 is 2.46 bits per heavy atom. The number of nitrogens with one attached hydrogen (secondary N) is 1. The van der Waals surface area contributed by atoms with Crippen LogP contribution in [0.2, 0.25) is 0 Å². The fraction of sp³-hybridized carbons (Fsp3) is 0.762. The predicted molar refractivity (Wildman–Crippen MR) is 105 cm³/mol. The van der Waals surface area contributed by atoms with Gasteiger partial charge in [-0.3, -0.25) is 9.69 Å². The SMILES string of the molecule is Cc1cc(C(=O)N2CCC(N3CCNCC3)C2)c(C)n1C1CCCCC1. The zero-order chi connectivity index (χ0) is 18.1. The van der Waals surface area contributed by atoms with Crippen molar-refractivity contribution in [1.82, 2.24) is 19.7 Å². The standard InChI is InChI=1S/C21H34N4O/c1-16-14-20(17(2)25(16)18-6-4-3-5-7-18)21(26)24-11-8-19(15-24)23-12-9-22-10-13-23/h14,18-19,22H,3-13,15H2,1-2H3. The second-order valence-corrected chi connectivity index (χ2v) is 8.43. The molecule has 1 amide bonds. The van der Waals surface area contributed by atoms with E-state index in [-0.39, 0.29) is 5.91 Å². The van der Waals surface area contributed by atoms with Crippen molar-refractivity contribution >= 4 is 5.91 Å². The molecule has 5 heteroatoms. The molecule has 0 bridgehead atoms. The van der Waals surface area contributed by atoms with Gasteiger partial charge in [0.2, 0.25) is 0 Å². The van der Waals surface area contributed by atoms with Gasteiger partial charge in [-0.25, -0.2) is 0 Å². The van der Waals surface area contributed by atoms with Crippen molar-refractivity contribution < 1.29 is 4.79 Å². The van der Waals surface area contributed by atoms with Gasteiger partial charge in [0.15, 0.2) is 0 Å². The Balaban J connectivity index is 1.46. The highest BCUT2D eigenvalue weighted by Crippen LogP contribution is 2.33. The predicted octanol–water partition coefficient (Wildman–Crippen LogP) is 2.73. The molecule has 1 aliphatic carbocycles. The molecule has 3 heterocycles. The van der Waals surface area contributed by atoms with Gasteiger partial charge >= 0.3 is 0 Å². The largest absolute Gasteiger partial charge is 0.345 e. The molecule has 2 saturated heterocycles. The third-order valence-corrected chi connectivity index (χ3v) is 6.77. The molecular formula is C21H34N4O. The molecule has 3 aliphatic rings. The molecule has 1 aromatic heterocycles. The smallest absolute Gasteiger partial charge is 0.255 e. The Bertz CT molecular complexity index is 641. The zero-order valence-electron chi connectivity index (χ0n) is 16.5. The molecule has 0 aromatic carbocycles. The lowest BCUT2D eigenvalue weighted by Gasteiger charge is -2.32. The molecule has 3 fully saturated rings. The van der Waals surface area contributed by atoms with E-state index in [1.807, 2.05) is 0 Å². The lowest BCUT2D eigenvalue weighted by Crippen LogP contribution is -2.49. The van der Waals surface area contributed by atoms with Crippen molar-refractivity contribution in [1.29, 1.82) is 0 Å². The third kappa shape index (κ3) is 3.44. The first-order valence-corrected chi connectivity index (χ1v) is 10.6. The lowest BCUT2D eigenvalue weighted by molar-refractivity contribution is 0.0772. The van der Waals surface area contributed by atoms with Gasteiger partial charge in [-0.2, -0.15) is 0 Å². The van der Waals surface area contributed by atoms with Crippen molar-refractivity contribution in [2.24, 2.45) is 0 Å². The summed E-state index contributed by atoms with van der Waals surface area (Å²) in [5.41, 5.74) is 3.38. The Labute approximate surface area is 157 Å². The maximum Gasteiger partial charge on any atom is 0.255 e. The topological polar surface area (TPSA) is 40.5 Å². The molecule has 1 atom stereocenters. The second kappa shape index (κ2) is 7.73. The summed E-state index contributed by atoms with van der Waals surface area (Å²) < 4.78 is 2.45. The number of piperazine rings is 1. The van der Waals surface area contributed by atoms with Crippen LogP contribution in [0.1, 0.15) is 66.3 Å². The Morgan fingerprint density at radius 1 is 1.00 bits per heavy atom. The number of carbonyl (C=O) groups is 1. The lowest BCUT2D eigenvalue weighted by atomic mass is 9.95. The second-order valence-electron chi connectivity index (χ2n) is 8.43. The molecule has 4 rings (SSSR count). The van der Waals surface area contributed by atoms with Crippen LogP contribution >= 0.6 is 0 Å². The number of aromatic nitrogens is 1. The van der Waals surface area contributed by atoms with Gasteiger partial charge in [0, 0.05) is 62.7 Å². The van der Waals surface area contributed by atoms with Crippen LogP contribution in [0.25, 0.3) is 0 Å². The van der Waals surface area contributed by atoms with E-state index in [9.17, 15) is 4.79 Å². The summed E-state index contributed by atoms with van der Waals surface area (Å²) in [5.74, 6) is 0.248. The number of hydrogen-bond donors (Lipinski definition) is 1. The van der Waals surface area contributed by atoms with Crippen LogP contribution < -0.4 is 5.32 Å². The number of aryl methyl sites for hydroxylation is 1. The van der Waals surface area contributed by atoms with Crippen LogP contribution in [-0.2, 0) is 0 Å². The molecule has 26 heavy (non-hydrogen) atoms. The number of likely N-dealkylation sites (tertiary alicyclic amines) is 1. The summed E-state index contributed by atoms with van der Waals surface area (Å²) in [6.07, 6.45) is 7.65. The molecule has 5 nitrogen and oxygen atoms in total. The quantitative estimate of drug-likeness (QED) is 0.903. The summed E-state index contributed by atoms with van der Waals surface area (Å²) in [7, 11) is 0. The van der Waals surface area contributed by atoms with E-state index in [0.29, 0.717) is 12.1 Å². The van der Waals surface area contributed by atoms with Crippen molar-refractivity contribution in [3.05, 3.63) is 23.0 Å². The minimum absolute atomic E-state index is 0.248. The number of carbonyl (C=O) groups excluding carboxylic acids is 1. The van der Waals surface area contributed by atoms with Crippen LogP contribution in [0, 0.1) is 13.8 Å². The normalized spacial score (nSPS) is 25.8. The maximum atomic E-state index is 13.2. The molecular weight excluding hydrogens is 324 g/mol. The van der Waals surface area contributed by atoms with E-state index in [2.05, 4.69) is 39.6 Å². The first-order valence-electron chi connectivity index (χ1n) is 10.6. The third-order valence-electron chi connectivity index (χ3n) is 6.77. The van der Waals surface area contributed by atoms with Gasteiger partial charge in [-0.15, -0.1) is 0 Å². The fourth-order valence-corrected chi connectivity index (χ4v) is 5.34. The van der Waals surface area contributed by atoms with Crippen molar-refractivity contribution in [3.63, 3.8) is 0 Å². The number of rotatable bonds is 3. The molecule has 1 unspecified atom stereocenters. The van der Waals surface area contributed by atoms with Gasteiger partial charge in [0.1, 0.15) is 0 Å². The van der Waals surface area contributed by atoms with E-state index in [1.165, 1.54) is 43.5 Å². The van der Waals surface area contributed by atoms with Gasteiger partial charge in [-0.05, 0) is 39.2 Å². The molecule has 0 radical (unpaired) electrons. The average molecular weight is 359 g/mol. The van der Waals surface area contributed by atoms with Crippen molar-refractivity contribution in [2.45, 2.75) is 64.5 Å². The van der Waals surface area contributed by atoms with Gasteiger partial charge in [0.25, 0.3) is 5.91 Å². The monoisotopic (exact) mass is 358 g/mol. The first kappa shape index (κ1) is 18.1. The Kier molecular flexibility index (Phi) is 5.37. The summed E-state index contributed by atoms with van der Waals surface area (Å²) in [6.45, 7) is 10.5. The van der Waals surface area contributed by atoms with E-state index in [4.69, 9.17) is 0 Å². The summed E-state index contributed by atoms with van der Waals surface area (Å²) in [4.78, 5) is 17.9. The maximum absolute atomic E-state index is 13.2. The van der Waals surface area contributed by atoms with E-state index in [0.717, 1.165) is 51.3 Å². The summed E-state index contributed by atoms with van der Waals surface area (Å²) in [5, 5.41) is 3.42. The average Bonchev–Trinajstić information content (AvgIpc) is 3.28. The van der Waals surface area contributed by atoms with E-state index in [1.54, 1.807) is 0 Å². The highest BCUT2D eigenvalue weighted by molar-refractivity contribution is 5.96. The highest BCUT2D eigenvalue weighted by atomic mass is 16.2. The van der Waals surface area contributed by atoms with Crippen molar-refractivity contribution in [2.75, 3.05) is 39.3 Å². The minimum Gasteiger partial charge on any atom is -0.345 e. The van der Waals surface area contributed by atoms with E-state index >= 15 is 0 Å². The van der Waals surface area contributed by atoms with Gasteiger partial charge < -0.3 is 14.8 Å². The first-order chi connectivity index (χ1) is 12.6. The molecule has 1 saturated carbocycles. The number of amides is 1. The van der Waals surface area contributed by atoms with Gasteiger partial charge in [-0.1, -0.05) is 19.3 Å². The number of nitrogens with zero attached hydrogens (tertiary/aromatic N) is 3. The zero-order valence-corrected chi connectivity index (χ0v) is 16.5. The van der Waals surface area contributed by atoms with Crippen LogP contribution in [0.4, 0.5) is 0 Å².